The standard InChI is InChI=1S/C26H29FN4O/c1-2-3-4-19-5-11-23(12-6-19)29-26(32)21-14-17-31(18-15-21)24-13-16-28-25(30-24)20-7-9-22(27)10-8-20/h5-13,16,21H,2-4,14-15,17-18H2,1H3,(H,29,32). The molecule has 0 atom stereocenters. The number of halogens is 1. The number of amides is 1. The molecule has 1 saturated heterocycles. The van der Waals surface area contributed by atoms with Gasteiger partial charge in [0, 0.05) is 36.5 Å². The monoisotopic (exact) mass is 432 g/mol. The summed E-state index contributed by atoms with van der Waals surface area (Å²) in [4.78, 5) is 23.9. The zero-order valence-corrected chi connectivity index (χ0v) is 18.4. The third kappa shape index (κ3) is 5.49. The Labute approximate surface area is 188 Å². The van der Waals surface area contributed by atoms with E-state index in [9.17, 15) is 9.18 Å². The minimum atomic E-state index is -0.280. The molecule has 3 aromatic rings. The smallest absolute Gasteiger partial charge is 0.227 e. The van der Waals surface area contributed by atoms with Crippen LogP contribution in [-0.4, -0.2) is 29.0 Å². The number of carbonyl (C=O) groups is 1. The minimum Gasteiger partial charge on any atom is -0.356 e. The molecule has 5 nitrogen and oxygen atoms in total. The zero-order valence-electron chi connectivity index (χ0n) is 18.4. The van der Waals surface area contributed by atoms with Crippen molar-refractivity contribution < 1.29 is 9.18 Å². The number of rotatable bonds is 7. The number of hydrogen-bond donors (Lipinski definition) is 1. The molecule has 0 spiro atoms. The summed E-state index contributed by atoms with van der Waals surface area (Å²) in [6.07, 6.45) is 6.72. The molecule has 6 heteroatoms. The van der Waals surface area contributed by atoms with E-state index in [0.29, 0.717) is 5.82 Å². The first-order valence-electron chi connectivity index (χ1n) is 11.4. The van der Waals surface area contributed by atoms with E-state index in [2.05, 4.69) is 39.2 Å². The van der Waals surface area contributed by atoms with Crippen molar-refractivity contribution in [1.82, 2.24) is 9.97 Å². The van der Waals surface area contributed by atoms with Crippen LogP contribution in [0.3, 0.4) is 0 Å². The Morgan fingerprint density at radius 3 is 2.47 bits per heavy atom. The first-order chi connectivity index (χ1) is 15.6. The van der Waals surface area contributed by atoms with E-state index < -0.39 is 0 Å². The Kier molecular flexibility index (Phi) is 7.10. The van der Waals surface area contributed by atoms with Gasteiger partial charge in [0.05, 0.1) is 0 Å². The highest BCUT2D eigenvalue weighted by atomic mass is 19.1. The summed E-state index contributed by atoms with van der Waals surface area (Å²) >= 11 is 0. The van der Waals surface area contributed by atoms with Crippen LogP contribution in [0.1, 0.15) is 38.2 Å². The molecule has 0 radical (unpaired) electrons. The molecule has 1 aromatic heterocycles. The fourth-order valence-corrected chi connectivity index (χ4v) is 4.01. The Morgan fingerprint density at radius 2 is 1.78 bits per heavy atom. The predicted molar refractivity (Wildman–Crippen MR) is 126 cm³/mol. The quantitative estimate of drug-likeness (QED) is 0.537. The summed E-state index contributed by atoms with van der Waals surface area (Å²) in [6, 6.07) is 16.3. The van der Waals surface area contributed by atoms with Crippen molar-refractivity contribution in [2.75, 3.05) is 23.3 Å². The Bertz CT molecular complexity index is 1030. The third-order valence-corrected chi connectivity index (χ3v) is 5.97. The lowest BCUT2D eigenvalue weighted by Crippen LogP contribution is -2.38. The molecule has 1 aliphatic rings. The molecule has 0 aliphatic carbocycles. The number of carbonyl (C=O) groups excluding carboxylic acids is 1. The predicted octanol–water partition coefficient (Wildman–Crippen LogP) is 5.48. The van der Waals surface area contributed by atoms with Crippen molar-refractivity contribution in [3.05, 3.63) is 72.2 Å². The van der Waals surface area contributed by atoms with E-state index in [-0.39, 0.29) is 17.6 Å². The van der Waals surface area contributed by atoms with Crippen LogP contribution in [0, 0.1) is 11.7 Å². The van der Waals surface area contributed by atoms with Gasteiger partial charge in [0.25, 0.3) is 0 Å². The number of aryl methyl sites for hydroxylation is 1. The van der Waals surface area contributed by atoms with Crippen LogP contribution >= 0.6 is 0 Å². The van der Waals surface area contributed by atoms with Crippen LogP contribution in [0.2, 0.25) is 0 Å². The molecule has 1 aliphatic heterocycles. The molecular formula is C26H29FN4O. The highest BCUT2D eigenvalue weighted by Gasteiger charge is 2.26. The van der Waals surface area contributed by atoms with Crippen LogP contribution in [0.25, 0.3) is 11.4 Å². The van der Waals surface area contributed by atoms with Crippen LogP contribution < -0.4 is 10.2 Å². The summed E-state index contributed by atoms with van der Waals surface area (Å²) in [5, 5.41) is 3.07. The number of unbranched alkanes of at least 4 members (excludes halogenated alkanes) is 1. The summed E-state index contributed by atoms with van der Waals surface area (Å²) in [5.41, 5.74) is 2.95. The fourth-order valence-electron chi connectivity index (χ4n) is 4.01. The van der Waals surface area contributed by atoms with Gasteiger partial charge in [-0.3, -0.25) is 4.79 Å². The van der Waals surface area contributed by atoms with Crippen molar-refractivity contribution in [3.8, 4) is 11.4 Å². The van der Waals surface area contributed by atoms with Crippen LogP contribution in [0.15, 0.2) is 60.8 Å². The molecule has 0 saturated carbocycles. The van der Waals surface area contributed by atoms with E-state index in [1.165, 1.54) is 30.5 Å². The number of hydrogen-bond acceptors (Lipinski definition) is 4. The van der Waals surface area contributed by atoms with Crippen LogP contribution in [0.4, 0.5) is 15.9 Å². The lowest BCUT2D eigenvalue weighted by molar-refractivity contribution is -0.120. The summed E-state index contributed by atoms with van der Waals surface area (Å²) in [6.45, 7) is 3.71. The first kappa shape index (κ1) is 21.9. The van der Waals surface area contributed by atoms with Gasteiger partial charge in [0.2, 0.25) is 5.91 Å². The molecule has 2 heterocycles. The van der Waals surface area contributed by atoms with Crippen molar-refractivity contribution in [2.24, 2.45) is 5.92 Å². The summed E-state index contributed by atoms with van der Waals surface area (Å²) in [5.74, 6) is 1.20. The van der Waals surface area contributed by atoms with Gasteiger partial charge < -0.3 is 10.2 Å². The van der Waals surface area contributed by atoms with Gasteiger partial charge >= 0.3 is 0 Å². The first-order valence-corrected chi connectivity index (χ1v) is 11.4. The van der Waals surface area contributed by atoms with Gasteiger partial charge in [-0.1, -0.05) is 25.5 Å². The number of benzene rings is 2. The third-order valence-electron chi connectivity index (χ3n) is 5.97. The van der Waals surface area contributed by atoms with Crippen molar-refractivity contribution in [1.29, 1.82) is 0 Å². The molecule has 1 amide bonds. The number of aromatic nitrogens is 2. The number of piperidine rings is 1. The second-order valence-corrected chi connectivity index (χ2v) is 8.30. The van der Waals surface area contributed by atoms with Gasteiger partial charge in [-0.25, -0.2) is 14.4 Å². The van der Waals surface area contributed by atoms with Crippen molar-refractivity contribution >= 4 is 17.4 Å². The maximum absolute atomic E-state index is 13.2. The molecule has 0 bridgehead atoms. The molecular weight excluding hydrogens is 403 g/mol. The van der Waals surface area contributed by atoms with Crippen molar-refractivity contribution in [3.63, 3.8) is 0 Å². The van der Waals surface area contributed by atoms with Gasteiger partial charge in [-0.15, -0.1) is 0 Å². The maximum atomic E-state index is 13.2. The SMILES string of the molecule is CCCCc1ccc(NC(=O)C2CCN(c3ccnc(-c4ccc(F)cc4)n3)CC2)cc1. The number of nitrogens with zero attached hydrogens (tertiary/aromatic N) is 3. The molecule has 166 valence electrons. The average molecular weight is 433 g/mol. The van der Waals surface area contributed by atoms with Crippen LogP contribution in [-0.2, 0) is 11.2 Å². The number of anilines is 2. The van der Waals surface area contributed by atoms with E-state index >= 15 is 0 Å². The Morgan fingerprint density at radius 1 is 1.06 bits per heavy atom. The largest absolute Gasteiger partial charge is 0.356 e. The second kappa shape index (κ2) is 10.4. The maximum Gasteiger partial charge on any atom is 0.227 e. The Hall–Kier alpha value is -3.28. The van der Waals surface area contributed by atoms with Crippen LogP contribution in [0.5, 0.6) is 0 Å². The van der Waals surface area contributed by atoms with E-state index in [4.69, 9.17) is 0 Å². The van der Waals surface area contributed by atoms with Gasteiger partial charge in [-0.05, 0) is 73.7 Å². The lowest BCUT2D eigenvalue weighted by Gasteiger charge is -2.32. The van der Waals surface area contributed by atoms with Crippen molar-refractivity contribution in [2.45, 2.75) is 39.0 Å². The minimum absolute atomic E-state index is 0.00979. The molecule has 2 aromatic carbocycles. The molecule has 0 unspecified atom stereocenters. The zero-order chi connectivity index (χ0) is 22.3. The topological polar surface area (TPSA) is 58.1 Å². The molecule has 32 heavy (non-hydrogen) atoms. The summed E-state index contributed by atoms with van der Waals surface area (Å²) in [7, 11) is 0. The normalized spacial score (nSPS) is 14.4. The fraction of sp³-hybridized carbons (Fsp3) is 0.346. The van der Waals surface area contributed by atoms with E-state index in [1.807, 2.05) is 18.2 Å². The lowest BCUT2D eigenvalue weighted by atomic mass is 9.95. The molecule has 1 fully saturated rings. The van der Waals surface area contributed by atoms with E-state index in [0.717, 1.165) is 49.4 Å². The highest BCUT2D eigenvalue weighted by molar-refractivity contribution is 5.92. The number of nitrogens with one attached hydrogen (secondary N) is 1. The average Bonchev–Trinajstić information content (AvgIpc) is 2.84. The van der Waals surface area contributed by atoms with Gasteiger partial charge in [0.1, 0.15) is 11.6 Å². The molecule has 1 N–H and O–H groups in total. The highest BCUT2D eigenvalue weighted by Crippen LogP contribution is 2.25. The Balaban J connectivity index is 1.32. The van der Waals surface area contributed by atoms with Gasteiger partial charge in [-0.2, -0.15) is 0 Å². The second-order valence-electron chi connectivity index (χ2n) is 8.30. The summed E-state index contributed by atoms with van der Waals surface area (Å²) < 4.78 is 13.2. The molecule has 4 rings (SSSR count). The van der Waals surface area contributed by atoms with Gasteiger partial charge in [0.15, 0.2) is 5.82 Å². The van der Waals surface area contributed by atoms with E-state index in [1.54, 1.807) is 18.3 Å².